The predicted molar refractivity (Wildman–Crippen MR) is 87.4 cm³/mol. The number of carbonyl (C=O) groups excluding carboxylic acids is 1. The van der Waals surface area contributed by atoms with E-state index in [1.807, 2.05) is 10.7 Å². The van der Waals surface area contributed by atoms with E-state index in [0.717, 1.165) is 24.4 Å². The lowest BCUT2D eigenvalue weighted by molar-refractivity contribution is -0.137. The Labute approximate surface area is 141 Å². The van der Waals surface area contributed by atoms with Crippen LogP contribution in [0.1, 0.15) is 34.8 Å². The van der Waals surface area contributed by atoms with Crippen molar-refractivity contribution >= 4 is 22.5 Å². The lowest BCUT2D eigenvalue weighted by atomic mass is 10.1. The fraction of sp³-hybridized carbons (Fsp3) is 0.222. The van der Waals surface area contributed by atoms with Gasteiger partial charge < -0.3 is 5.32 Å². The molecule has 0 atom stereocenters. The summed E-state index contributed by atoms with van der Waals surface area (Å²) >= 11 is 0. The highest BCUT2D eigenvalue weighted by Gasteiger charge is 2.35. The molecule has 1 aliphatic rings. The summed E-state index contributed by atoms with van der Waals surface area (Å²) in [5.74, 6) is -0.792. The van der Waals surface area contributed by atoms with Crippen molar-refractivity contribution in [1.82, 2.24) is 9.78 Å². The summed E-state index contributed by atoms with van der Waals surface area (Å²) in [6, 6.07) is 10.4. The Morgan fingerprint density at radius 3 is 2.60 bits per heavy atom. The van der Waals surface area contributed by atoms with Gasteiger partial charge in [0.1, 0.15) is 0 Å². The lowest BCUT2D eigenvalue weighted by Crippen LogP contribution is -2.18. The van der Waals surface area contributed by atoms with Gasteiger partial charge in [-0.1, -0.05) is 18.2 Å². The van der Waals surface area contributed by atoms with Crippen LogP contribution in [0.25, 0.3) is 10.9 Å². The predicted octanol–water partition coefficient (Wildman–Crippen LogP) is 4.64. The van der Waals surface area contributed by atoms with E-state index in [4.69, 9.17) is 0 Å². The third-order valence-corrected chi connectivity index (χ3v) is 4.26. The van der Waals surface area contributed by atoms with Gasteiger partial charge in [0.05, 0.1) is 34.6 Å². The Kier molecular flexibility index (Phi) is 3.52. The van der Waals surface area contributed by atoms with Crippen LogP contribution in [-0.2, 0) is 6.18 Å². The molecule has 3 aromatic rings. The standard InChI is InChI=1S/C18H14F3N3O/c19-18(20,21)14-5-2-1-4-12(14)17(25)23-15-6-3-7-16-13(15)10-22-24(16)11-8-9-11/h1-7,10-11H,8-9H2,(H,23,25). The van der Waals surface area contributed by atoms with Crippen LogP contribution in [-0.4, -0.2) is 15.7 Å². The summed E-state index contributed by atoms with van der Waals surface area (Å²) in [6.45, 7) is 0. The summed E-state index contributed by atoms with van der Waals surface area (Å²) in [6.07, 6.45) is -0.825. The van der Waals surface area contributed by atoms with Crippen molar-refractivity contribution in [2.24, 2.45) is 0 Å². The van der Waals surface area contributed by atoms with Gasteiger partial charge in [-0.25, -0.2) is 0 Å². The topological polar surface area (TPSA) is 46.9 Å². The molecule has 0 radical (unpaired) electrons. The van der Waals surface area contributed by atoms with Crippen LogP contribution >= 0.6 is 0 Å². The van der Waals surface area contributed by atoms with Crippen molar-refractivity contribution in [3.8, 4) is 0 Å². The van der Waals surface area contributed by atoms with E-state index < -0.39 is 23.2 Å². The Balaban J connectivity index is 1.69. The zero-order chi connectivity index (χ0) is 17.6. The number of halogens is 3. The first-order chi connectivity index (χ1) is 11.9. The van der Waals surface area contributed by atoms with Gasteiger partial charge in [-0.3, -0.25) is 9.48 Å². The number of nitrogens with one attached hydrogen (secondary N) is 1. The van der Waals surface area contributed by atoms with Gasteiger partial charge in [0, 0.05) is 5.39 Å². The molecule has 0 unspecified atom stereocenters. The molecular weight excluding hydrogens is 331 g/mol. The highest BCUT2D eigenvalue weighted by molar-refractivity contribution is 6.09. The van der Waals surface area contributed by atoms with Crippen molar-refractivity contribution in [3.05, 3.63) is 59.8 Å². The molecule has 7 heteroatoms. The Hall–Kier alpha value is -2.83. The minimum Gasteiger partial charge on any atom is -0.321 e. The largest absolute Gasteiger partial charge is 0.417 e. The van der Waals surface area contributed by atoms with E-state index in [-0.39, 0.29) is 0 Å². The molecule has 2 aromatic carbocycles. The van der Waals surface area contributed by atoms with Gasteiger partial charge in [-0.2, -0.15) is 18.3 Å². The minimum absolute atomic E-state index is 0.370. The highest BCUT2D eigenvalue weighted by atomic mass is 19.4. The average molecular weight is 345 g/mol. The van der Waals surface area contributed by atoms with Crippen molar-refractivity contribution in [3.63, 3.8) is 0 Å². The van der Waals surface area contributed by atoms with Gasteiger partial charge in [0.2, 0.25) is 0 Å². The molecule has 4 rings (SSSR count). The normalized spacial score (nSPS) is 14.7. The Morgan fingerprint density at radius 1 is 1.12 bits per heavy atom. The number of aromatic nitrogens is 2. The van der Waals surface area contributed by atoms with Crippen LogP contribution in [0.5, 0.6) is 0 Å². The smallest absolute Gasteiger partial charge is 0.321 e. The zero-order valence-corrected chi connectivity index (χ0v) is 13.0. The molecule has 1 amide bonds. The van der Waals surface area contributed by atoms with Crippen molar-refractivity contribution in [1.29, 1.82) is 0 Å². The summed E-state index contributed by atoms with van der Waals surface area (Å²) in [5.41, 5.74) is -0.0364. The number of hydrogen-bond donors (Lipinski definition) is 1. The third-order valence-electron chi connectivity index (χ3n) is 4.26. The second-order valence-corrected chi connectivity index (χ2v) is 6.06. The highest BCUT2D eigenvalue weighted by Crippen LogP contribution is 2.38. The maximum Gasteiger partial charge on any atom is 0.417 e. The molecule has 128 valence electrons. The van der Waals surface area contributed by atoms with Gasteiger partial charge >= 0.3 is 6.18 Å². The summed E-state index contributed by atoms with van der Waals surface area (Å²) in [7, 11) is 0. The van der Waals surface area contributed by atoms with E-state index in [9.17, 15) is 18.0 Å². The minimum atomic E-state index is -4.59. The summed E-state index contributed by atoms with van der Waals surface area (Å²) < 4.78 is 41.2. The summed E-state index contributed by atoms with van der Waals surface area (Å²) in [4.78, 5) is 12.4. The molecular formula is C18H14F3N3O. The molecule has 4 nitrogen and oxygen atoms in total. The zero-order valence-electron chi connectivity index (χ0n) is 13.0. The maximum atomic E-state index is 13.1. The molecule has 25 heavy (non-hydrogen) atoms. The molecule has 1 fully saturated rings. The van der Waals surface area contributed by atoms with Crippen LogP contribution < -0.4 is 5.32 Å². The SMILES string of the molecule is O=C(Nc1cccc2c1cnn2C1CC1)c1ccccc1C(F)(F)F. The molecule has 1 saturated carbocycles. The van der Waals surface area contributed by atoms with E-state index >= 15 is 0 Å². The molecule has 0 aliphatic heterocycles. The first-order valence-electron chi connectivity index (χ1n) is 7.89. The molecule has 1 N–H and O–H groups in total. The van der Waals surface area contributed by atoms with Crippen LogP contribution in [0.2, 0.25) is 0 Å². The van der Waals surface area contributed by atoms with E-state index in [1.165, 1.54) is 18.2 Å². The van der Waals surface area contributed by atoms with Crippen molar-refractivity contribution in [2.75, 3.05) is 5.32 Å². The van der Waals surface area contributed by atoms with Crippen LogP contribution in [0.15, 0.2) is 48.7 Å². The number of rotatable bonds is 3. The first-order valence-corrected chi connectivity index (χ1v) is 7.89. The third kappa shape index (κ3) is 2.86. The number of alkyl halides is 3. The van der Waals surface area contributed by atoms with Crippen LogP contribution in [0, 0.1) is 0 Å². The van der Waals surface area contributed by atoms with Crippen LogP contribution in [0.3, 0.4) is 0 Å². The number of amides is 1. The van der Waals surface area contributed by atoms with Gasteiger partial charge in [-0.05, 0) is 37.1 Å². The van der Waals surface area contributed by atoms with Crippen LogP contribution in [0.4, 0.5) is 18.9 Å². The van der Waals surface area contributed by atoms with Gasteiger partial charge in [0.25, 0.3) is 5.91 Å². The molecule has 0 bridgehead atoms. The molecule has 0 saturated heterocycles. The lowest BCUT2D eigenvalue weighted by Gasteiger charge is -2.13. The number of fused-ring (bicyclic) bond motifs is 1. The number of anilines is 1. The summed E-state index contributed by atoms with van der Waals surface area (Å²) in [5, 5.41) is 7.65. The number of hydrogen-bond acceptors (Lipinski definition) is 2. The van der Waals surface area contributed by atoms with E-state index in [2.05, 4.69) is 10.4 Å². The second-order valence-electron chi connectivity index (χ2n) is 6.06. The molecule has 0 spiro atoms. The van der Waals surface area contributed by atoms with Crippen molar-refractivity contribution < 1.29 is 18.0 Å². The number of nitrogens with zero attached hydrogens (tertiary/aromatic N) is 2. The molecule has 1 aromatic heterocycles. The maximum absolute atomic E-state index is 13.1. The second kappa shape index (κ2) is 5.61. The Bertz CT molecular complexity index is 958. The fourth-order valence-electron chi connectivity index (χ4n) is 2.91. The van der Waals surface area contributed by atoms with Gasteiger partial charge in [-0.15, -0.1) is 0 Å². The average Bonchev–Trinajstić information content (AvgIpc) is 3.33. The molecule has 1 heterocycles. The number of benzene rings is 2. The fourth-order valence-corrected chi connectivity index (χ4v) is 2.91. The number of carbonyl (C=O) groups is 1. The Morgan fingerprint density at radius 2 is 1.88 bits per heavy atom. The quantitative estimate of drug-likeness (QED) is 0.751. The molecule has 1 aliphatic carbocycles. The van der Waals surface area contributed by atoms with E-state index in [1.54, 1.807) is 18.3 Å². The van der Waals surface area contributed by atoms with Gasteiger partial charge in [0.15, 0.2) is 0 Å². The monoisotopic (exact) mass is 345 g/mol. The van der Waals surface area contributed by atoms with E-state index in [0.29, 0.717) is 17.1 Å². The first kappa shape index (κ1) is 15.7. The van der Waals surface area contributed by atoms with Crippen molar-refractivity contribution in [2.45, 2.75) is 25.1 Å².